The van der Waals surface area contributed by atoms with E-state index in [1.165, 1.54) is 18.4 Å². The number of hydrogen-bond acceptors (Lipinski definition) is 3. The Morgan fingerprint density at radius 3 is 2.60 bits per heavy atom. The van der Waals surface area contributed by atoms with Crippen molar-refractivity contribution in [1.29, 1.82) is 0 Å². The quantitative estimate of drug-likeness (QED) is 0.838. The number of nitrogens with zero attached hydrogens (tertiary/aromatic N) is 4. The first-order chi connectivity index (χ1) is 9.61. The van der Waals surface area contributed by atoms with E-state index in [0.717, 1.165) is 43.5 Å². The summed E-state index contributed by atoms with van der Waals surface area (Å²) in [6.07, 6.45) is 4.68. The summed E-state index contributed by atoms with van der Waals surface area (Å²) in [6, 6.07) is 0.651. The standard InChI is InChI=1S/C14H23N5S/c1-11-12(9-17(2)16-11)10-18-5-7-19(8-6-18)14(20)15-13-3-4-13/h9,13H,3-8,10H2,1-2H3,(H,15,20). The molecule has 1 aromatic heterocycles. The molecule has 0 spiro atoms. The normalized spacial score (nSPS) is 20.2. The number of thiocarbonyl (C=S) groups is 1. The van der Waals surface area contributed by atoms with Gasteiger partial charge in [0.1, 0.15) is 0 Å². The van der Waals surface area contributed by atoms with Crippen molar-refractivity contribution in [2.24, 2.45) is 7.05 Å². The van der Waals surface area contributed by atoms with Crippen molar-refractivity contribution in [3.63, 3.8) is 0 Å². The van der Waals surface area contributed by atoms with Crippen molar-refractivity contribution in [2.75, 3.05) is 26.2 Å². The molecule has 2 fully saturated rings. The number of rotatable bonds is 3. The van der Waals surface area contributed by atoms with Gasteiger partial charge >= 0.3 is 0 Å². The maximum atomic E-state index is 5.47. The first kappa shape index (κ1) is 13.8. The van der Waals surface area contributed by atoms with E-state index in [1.54, 1.807) is 0 Å². The molecular weight excluding hydrogens is 270 g/mol. The third-order valence-electron chi connectivity index (χ3n) is 4.07. The third-order valence-corrected chi connectivity index (χ3v) is 4.45. The van der Waals surface area contributed by atoms with Crippen molar-refractivity contribution in [3.05, 3.63) is 17.5 Å². The lowest BCUT2D eigenvalue weighted by atomic mass is 10.2. The highest BCUT2D eigenvalue weighted by Crippen LogP contribution is 2.19. The summed E-state index contributed by atoms with van der Waals surface area (Å²) in [7, 11) is 1.98. The van der Waals surface area contributed by atoms with Crippen LogP contribution in [0.2, 0.25) is 0 Å². The molecule has 3 rings (SSSR count). The van der Waals surface area contributed by atoms with Crippen LogP contribution >= 0.6 is 12.2 Å². The molecule has 0 bridgehead atoms. The smallest absolute Gasteiger partial charge is 0.169 e. The molecule has 110 valence electrons. The average Bonchev–Trinajstić information content (AvgIpc) is 3.16. The second kappa shape index (κ2) is 5.69. The largest absolute Gasteiger partial charge is 0.360 e. The number of aryl methyl sites for hydroxylation is 2. The van der Waals surface area contributed by atoms with Crippen molar-refractivity contribution in [3.8, 4) is 0 Å². The van der Waals surface area contributed by atoms with Crippen LogP contribution in [-0.2, 0) is 13.6 Å². The van der Waals surface area contributed by atoms with E-state index in [-0.39, 0.29) is 0 Å². The Balaban J connectivity index is 1.48. The predicted molar refractivity (Wildman–Crippen MR) is 83.6 cm³/mol. The average molecular weight is 293 g/mol. The summed E-state index contributed by atoms with van der Waals surface area (Å²) in [5.74, 6) is 0. The van der Waals surface area contributed by atoms with Gasteiger partial charge in [0.15, 0.2) is 5.11 Å². The second-order valence-electron chi connectivity index (χ2n) is 5.90. The lowest BCUT2D eigenvalue weighted by Gasteiger charge is -2.36. The molecule has 20 heavy (non-hydrogen) atoms. The van der Waals surface area contributed by atoms with Gasteiger partial charge in [0.05, 0.1) is 5.69 Å². The highest BCUT2D eigenvalue weighted by atomic mass is 32.1. The molecule has 1 saturated heterocycles. The molecule has 0 atom stereocenters. The lowest BCUT2D eigenvalue weighted by molar-refractivity contribution is 0.174. The molecule has 0 aromatic carbocycles. The molecule has 0 unspecified atom stereocenters. The topological polar surface area (TPSA) is 36.3 Å². The van der Waals surface area contributed by atoms with Gasteiger partial charge in [-0.2, -0.15) is 5.10 Å². The molecule has 5 nitrogen and oxygen atoms in total. The van der Waals surface area contributed by atoms with E-state index in [4.69, 9.17) is 12.2 Å². The molecule has 1 saturated carbocycles. The highest BCUT2D eigenvalue weighted by Gasteiger charge is 2.25. The van der Waals surface area contributed by atoms with Gasteiger partial charge in [0.25, 0.3) is 0 Å². The van der Waals surface area contributed by atoms with Crippen LogP contribution in [0.4, 0.5) is 0 Å². The van der Waals surface area contributed by atoms with Crippen molar-refractivity contribution in [2.45, 2.75) is 32.4 Å². The van der Waals surface area contributed by atoms with Crippen LogP contribution in [0.3, 0.4) is 0 Å². The second-order valence-corrected chi connectivity index (χ2v) is 6.29. The van der Waals surface area contributed by atoms with E-state index < -0.39 is 0 Å². The maximum Gasteiger partial charge on any atom is 0.169 e. The van der Waals surface area contributed by atoms with Gasteiger partial charge in [0, 0.05) is 57.6 Å². The molecule has 0 radical (unpaired) electrons. The van der Waals surface area contributed by atoms with Gasteiger partial charge < -0.3 is 10.2 Å². The third kappa shape index (κ3) is 3.30. The van der Waals surface area contributed by atoms with Gasteiger partial charge in [-0.05, 0) is 32.0 Å². The Morgan fingerprint density at radius 2 is 2.05 bits per heavy atom. The first-order valence-corrected chi connectivity index (χ1v) is 7.79. The Morgan fingerprint density at radius 1 is 1.35 bits per heavy atom. The molecule has 2 aliphatic rings. The van der Waals surface area contributed by atoms with E-state index in [0.29, 0.717) is 6.04 Å². The fraction of sp³-hybridized carbons (Fsp3) is 0.714. The predicted octanol–water partition coefficient (Wildman–Crippen LogP) is 0.883. The summed E-state index contributed by atoms with van der Waals surface area (Å²) in [6.45, 7) is 7.27. The summed E-state index contributed by atoms with van der Waals surface area (Å²) in [5.41, 5.74) is 2.47. The summed E-state index contributed by atoms with van der Waals surface area (Å²) < 4.78 is 1.90. The van der Waals surface area contributed by atoms with E-state index in [2.05, 4.69) is 33.3 Å². The fourth-order valence-electron chi connectivity index (χ4n) is 2.65. The van der Waals surface area contributed by atoms with E-state index >= 15 is 0 Å². The van der Waals surface area contributed by atoms with Crippen LogP contribution < -0.4 is 5.32 Å². The molecule has 2 heterocycles. The maximum absolute atomic E-state index is 5.47. The number of aromatic nitrogens is 2. The molecular formula is C14H23N5S. The molecule has 1 aromatic rings. The summed E-state index contributed by atoms with van der Waals surface area (Å²) >= 11 is 5.47. The number of piperazine rings is 1. The molecule has 1 aliphatic heterocycles. The van der Waals surface area contributed by atoms with Crippen molar-refractivity contribution in [1.82, 2.24) is 24.9 Å². The van der Waals surface area contributed by atoms with Gasteiger partial charge in [0.2, 0.25) is 0 Å². The minimum atomic E-state index is 0.651. The Hall–Kier alpha value is -1.14. The SMILES string of the molecule is Cc1nn(C)cc1CN1CCN(C(=S)NC2CC2)CC1. The molecule has 1 aliphatic carbocycles. The minimum Gasteiger partial charge on any atom is -0.360 e. The van der Waals surface area contributed by atoms with Crippen LogP contribution in [0.15, 0.2) is 6.20 Å². The Kier molecular flexibility index (Phi) is 3.94. The van der Waals surface area contributed by atoms with Gasteiger partial charge in [-0.25, -0.2) is 0 Å². The zero-order chi connectivity index (χ0) is 14.1. The monoisotopic (exact) mass is 293 g/mol. The van der Waals surface area contributed by atoms with Crippen LogP contribution in [-0.4, -0.2) is 56.9 Å². The van der Waals surface area contributed by atoms with Gasteiger partial charge in [-0.15, -0.1) is 0 Å². The summed E-state index contributed by atoms with van der Waals surface area (Å²) in [4.78, 5) is 4.79. The minimum absolute atomic E-state index is 0.651. The summed E-state index contributed by atoms with van der Waals surface area (Å²) in [5, 5.41) is 8.78. The van der Waals surface area contributed by atoms with Crippen LogP contribution in [0.25, 0.3) is 0 Å². The van der Waals surface area contributed by atoms with Gasteiger partial charge in [-0.3, -0.25) is 9.58 Å². The lowest BCUT2D eigenvalue weighted by Crippen LogP contribution is -2.51. The van der Waals surface area contributed by atoms with E-state index in [1.807, 2.05) is 11.7 Å². The zero-order valence-corrected chi connectivity index (χ0v) is 13.1. The number of nitrogens with one attached hydrogen (secondary N) is 1. The first-order valence-electron chi connectivity index (χ1n) is 7.39. The molecule has 6 heteroatoms. The van der Waals surface area contributed by atoms with Crippen molar-refractivity contribution >= 4 is 17.3 Å². The van der Waals surface area contributed by atoms with E-state index in [9.17, 15) is 0 Å². The van der Waals surface area contributed by atoms with Crippen molar-refractivity contribution < 1.29 is 0 Å². The fourth-order valence-corrected chi connectivity index (χ4v) is 3.00. The molecule has 0 amide bonds. The highest BCUT2D eigenvalue weighted by molar-refractivity contribution is 7.80. The van der Waals surface area contributed by atoms with Crippen LogP contribution in [0.5, 0.6) is 0 Å². The Bertz CT molecular complexity index is 486. The van der Waals surface area contributed by atoms with Crippen LogP contribution in [0, 0.1) is 6.92 Å². The number of hydrogen-bond donors (Lipinski definition) is 1. The molecule has 1 N–H and O–H groups in total. The van der Waals surface area contributed by atoms with Crippen LogP contribution in [0.1, 0.15) is 24.1 Å². The van der Waals surface area contributed by atoms with Gasteiger partial charge in [-0.1, -0.05) is 0 Å². The zero-order valence-electron chi connectivity index (χ0n) is 12.3. The Labute approximate surface area is 125 Å².